The van der Waals surface area contributed by atoms with Crippen LogP contribution in [-0.4, -0.2) is 25.8 Å². The fourth-order valence-corrected chi connectivity index (χ4v) is 4.06. The molecule has 0 amide bonds. The minimum Gasteiger partial charge on any atom is -0.271 e. The van der Waals surface area contributed by atoms with Gasteiger partial charge in [-0.1, -0.05) is 12.8 Å². The molecule has 1 N–H and O–H groups in total. The Morgan fingerprint density at radius 1 is 1.16 bits per heavy atom. The van der Waals surface area contributed by atoms with Crippen LogP contribution in [0.2, 0.25) is 0 Å². The number of rotatable bonds is 3. The predicted octanol–water partition coefficient (Wildman–Crippen LogP) is 3.59. The van der Waals surface area contributed by atoms with E-state index in [2.05, 4.69) is 43.2 Å². The highest BCUT2D eigenvalue weighted by atomic mass is 127. The van der Waals surface area contributed by atoms with E-state index < -0.39 is 10.2 Å². The number of anilines is 1. The Balaban J connectivity index is 2.13. The highest BCUT2D eigenvalue weighted by Gasteiger charge is 2.22. The standard InChI is InChI=1S/C12H16BrIN2O2S/c13-11-9-10(5-6-12(11)14)15-19(17,18)16-7-3-1-2-4-8-16/h5-6,9,15H,1-4,7-8H2. The number of nitrogens with one attached hydrogen (secondary N) is 1. The Hall–Kier alpha value is 0.140. The Morgan fingerprint density at radius 3 is 2.37 bits per heavy atom. The van der Waals surface area contributed by atoms with Crippen molar-refractivity contribution in [2.24, 2.45) is 0 Å². The van der Waals surface area contributed by atoms with E-state index in [4.69, 9.17) is 0 Å². The first kappa shape index (κ1) is 15.5. The molecule has 0 bridgehead atoms. The van der Waals surface area contributed by atoms with Crippen molar-refractivity contribution in [2.45, 2.75) is 25.7 Å². The predicted molar refractivity (Wildman–Crippen MR) is 89.4 cm³/mol. The molecule has 0 atom stereocenters. The molecule has 1 aromatic rings. The van der Waals surface area contributed by atoms with Gasteiger partial charge in [0.05, 0.1) is 5.69 Å². The first-order valence-electron chi connectivity index (χ1n) is 6.22. The molecular formula is C12H16BrIN2O2S. The van der Waals surface area contributed by atoms with Crippen molar-refractivity contribution in [3.8, 4) is 0 Å². The number of halogens is 2. The summed E-state index contributed by atoms with van der Waals surface area (Å²) in [4.78, 5) is 0. The SMILES string of the molecule is O=S(=O)(Nc1ccc(I)c(Br)c1)N1CCCCCC1. The third-order valence-electron chi connectivity index (χ3n) is 3.07. The first-order valence-corrected chi connectivity index (χ1v) is 9.53. The Morgan fingerprint density at radius 2 is 1.79 bits per heavy atom. The van der Waals surface area contributed by atoms with Crippen LogP contribution in [0.5, 0.6) is 0 Å². The fraction of sp³-hybridized carbons (Fsp3) is 0.500. The highest BCUT2D eigenvalue weighted by Crippen LogP contribution is 2.24. The smallest absolute Gasteiger partial charge is 0.271 e. The average Bonchev–Trinajstić information content (AvgIpc) is 2.63. The lowest BCUT2D eigenvalue weighted by Crippen LogP contribution is -2.36. The fourth-order valence-electron chi connectivity index (χ4n) is 2.06. The summed E-state index contributed by atoms with van der Waals surface area (Å²) >= 11 is 5.60. The van der Waals surface area contributed by atoms with E-state index in [0.29, 0.717) is 18.8 Å². The van der Waals surface area contributed by atoms with Crippen LogP contribution < -0.4 is 4.72 Å². The van der Waals surface area contributed by atoms with Gasteiger partial charge in [-0.05, 0) is 69.6 Å². The number of hydrogen-bond donors (Lipinski definition) is 1. The summed E-state index contributed by atoms with van der Waals surface area (Å²) in [7, 11) is -3.43. The summed E-state index contributed by atoms with van der Waals surface area (Å²) in [5.74, 6) is 0. The molecule has 1 saturated heterocycles. The van der Waals surface area contributed by atoms with Crippen LogP contribution in [0.25, 0.3) is 0 Å². The zero-order chi connectivity index (χ0) is 13.9. The van der Waals surface area contributed by atoms with Crippen LogP contribution in [0.3, 0.4) is 0 Å². The van der Waals surface area contributed by atoms with Crippen molar-refractivity contribution in [1.82, 2.24) is 4.31 Å². The average molecular weight is 459 g/mol. The summed E-state index contributed by atoms with van der Waals surface area (Å²) in [5.41, 5.74) is 0.594. The second kappa shape index (κ2) is 6.73. The molecule has 4 nitrogen and oxygen atoms in total. The lowest BCUT2D eigenvalue weighted by molar-refractivity contribution is 0.427. The maximum atomic E-state index is 12.3. The molecule has 0 saturated carbocycles. The van der Waals surface area contributed by atoms with Crippen molar-refractivity contribution in [3.63, 3.8) is 0 Å². The molecule has 0 unspecified atom stereocenters. The molecule has 1 aliphatic rings. The molecule has 19 heavy (non-hydrogen) atoms. The molecule has 0 aromatic heterocycles. The lowest BCUT2D eigenvalue weighted by Gasteiger charge is -2.20. The molecule has 0 spiro atoms. The molecule has 7 heteroatoms. The molecule has 106 valence electrons. The molecule has 0 aliphatic carbocycles. The van der Waals surface area contributed by atoms with Crippen LogP contribution in [0.4, 0.5) is 5.69 Å². The monoisotopic (exact) mass is 458 g/mol. The van der Waals surface area contributed by atoms with Crippen LogP contribution >= 0.6 is 38.5 Å². The van der Waals surface area contributed by atoms with Gasteiger partial charge < -0.3 is 0 Å². The zero-order valence-electron chi connectivity index (χ0n) is 10.4. The van der Waals surface area contributed by atoms with Gasteiger partial charge in [-0.15, -0.1) is 0 Å². The van der Waals surface area contributed by atoms with Crippen molar-refractivity contribution in [1.29, 1.82) is 0 Å². The largest absolute Gasteiger partial charge is 0.301 e. The minimum atomic E-state index is -3.43. The van der Waals surface area contributed by atoms with Gasteiger partial charge in [0.2, 0.25) is 0 Å². The molecule has 1 aliphatic heterocycles. The summed E-state index contributed by atoms with van der Waals surface area (Å²) in [6.45, 7) is 1.22. The van der Waals surface area contributed by atoms with E-state index >= 15 is 0 Å². The van der Waals surface area contributed by atoms with Gasteiger partial charge >= 0.3 is 10.2 Å². The lowest BCUT2D eigenvalue weighted by atomic mass is 10.2. The molecule has 1 heterocycles. The Kier molecular flexibility index (Phi) is 5.50. The van der Waals surface area contributed by atoms with Crippen molar-refractivity contribution in [2.75, 3.05) is 17.8 Å². The van der Waals surface area contributed by atoms with E-state index in [1.165, 1.54) is 0 Å². The zero-order valence-corrected chi connectivity index (χ0v) is 15.0. The van der Waals surface area contributed by atoms with E-state index in [1.807, 2.05) is 6.07 Å². The summed E-state index contributed by atoms with van der Waals surface area (Å²) in [6.07, 6.45) is 4.11. The van der Waals surface area contributed by atoms with Gasteiger partial charge in [-0.2, -0.15) is 12.7 Å². The molecule has 0 radical (unpaired) electrons. The van der Waals surface area contributed by atoms with Gasteiger partial charge in [0.25, 0.3) is 0 Å². The molecule has 2 rings (SSSR count). The van der Waals surface area contributed by atoms with Crippen molar-refractivity contribution < 1.29 is 8.42 Å². The van der Waals surface area contributed by atoms with E-state index in [-0.39, 0.29) is 0 Å². The Labute approximate surface area is 136 Å². The number of hydrogen-bond acceptors (Lipinski definition) is 2. The van der Waals surface area contributed by atoms with Gasteiger partial charge in [-0.3, -0.25) is 4.72 Å². The second-order valence-corrected chi connectivity index (χ2v) is 8.24. The number of nitrogens with zero attached hydrogens (tertiary/aromatic N) is 1. The van der Waals surface area contributed by atoms with Crippen molar-refractivity contribution in [3.05, 3.63) is 26.2 Å². The second-order valence-electron chi connectivity index (χ2n) is 4.55. The Bertz CT molecular complexity index is 543. The third kappa shape index (κ3) is 4.30. The first-order chi connectivity index (χ1) is 8.99. The third-order valence-corrected chi connectivity index (χ3v) is 6.95. The summed E-state index contributed by atoms with van der Waals surface area (Å²) < 4.78 is 30.7. The van der Waals surface area contributed by atoms with Gasteiger partial charge in [-0.25, -0.2) is 0 Å². The summed E-state index contributed by atoms with van der Waals surface area (Å²) in [5, 5.41) is 0. The van der Waals surface area contributed by atoms with Crippen LogP contribution in [0, 0.1) is 3.57 Å². The number of benzene rings is 1. The maximum Gasteiger partial charge on any atom is 0.301 e. The van der Waals surface area contributed by atoms with Crippen molar-refractivity contribution >= 4 is 54.4 Å². The minimum absolute atomic E-state index is 0.594. The van der Waals surface area contributed by atoms with Gasteiger partial charge in [0.15, 0.2) is 0 Å². The highest BCUT2D eigenvalue weighted by molar-refractivity contribution is 14.1. The van der Waals surface area contributed by atoms with Crippen LogP contribution in [0.1, 0.15) is 25.7 Å². The van der Waals surface area contributed by atoms with E-state index in [0.717, 1.165) is 33.7 Å². The molecular weight excluding hydrogens is 443 g/mol. The summed E-state index contributed by atoms with van der Waals surface area (Å²) in [6, 6.07) is 5.45. The molecule has 1 aromatic carbocycles. The topological polar surface area (TPSA) is 49.4 Å². The van der Waals surface area contributed by atoms with E-state index in [1.54, 1.807) is 16.4 Å². The normalized spacial score (nSPS) is 18.0. The van der Waals surface area contributed by atoms with Crippen LogP contribution in [-0.2, 0) is 10.2 Å². The van der Waals surface area contributed by atoms with Crippen LogP contribution in [0.15, 0.2) is 22.7 Å². The van der Waals surface area contributed by atoms with Gasteiger partial charge in [0, 0.05) is 21.1 Å². The quantitative estimate of drug-likeness (QED) is 0.703. The van der Waals surface area contributed by atoms with Gasteiger partial charge in [0.1, 0.15) is 0 Å². The van der Waals surface area contributed by atoms with E-state index in [9.17, 15) is 8.42 Å². The molecule has 1 fully saturated rings. The maximum absolute atomic E-state index is 12.3.